The van der Waals surface area contributed by atoms with Gasteiger partial charge in [-0.15, -0.1) is 0 Å². The Labute approximate surface area is 258 Å². The molecule has 1 aliphatic heterocycles. The summed E-state index contributed by atoms with van der Waals surface area (Å²) < 4.78 is 21.7. The third-order valence-electron chi connectivity index (χ3n) is 8.22. The van der Waals surface area contributed by atoms with Gasteiger partial charge in [0, 0.05) is 43.1 Å². The van der Waals surface area contributed by atoms with Crippen LogP contribution in [0.4, 0.5) is 14.9 Å². The molecule has 0 unspecified atom stereocenters. The number of nitrogens with zero attached hydrogens (tertiary/aromatic N) is 4. The smallest absolute Gasteiger partial charge is 0.412 e. The SMILES string of the molecule is CC(C)N(C)C(=O)c1cc(F)ccc1-n1cc(C2CCN(Cc3ccc(NC(=O)OC(C)(C)C)cc3)CC2)c2ccncc21. The Balaban J connectivity index is 1.30. The van der Waals surface area contributed by atoms with E-state index in [9.17, 15) is 14.0 Å². The second-order valence-electron chi connectivity index (χ2n) is 12.9. The second-order valence-corrected chi connectivity index (χ2v) is 12.9. The zero-order valence-corrected chi connectivity index (χ0v) is 26.4. The van der Waals surface area contributed by atoms with Crippen LogP contribution in [0, 0.1) is 5.82 Å². The molecular weight excluding hydrogens is 557 g/mol. The number of anilines is 1. The summed E-state index contributed by atoms with van der Waals surface area (Å²) in [6.07, 6.45) is 7.25. The number of hydrogen-bond acceptors (Lipinski definition) is 5. The maximum Gasteiger partial charge on any atom is 0.412 e. The van der Waals surface area contributed by atoms with Crippen LogP contribution in [0.1, 0.15) is 74.9 Å². The molecule has 1 fully saturated rings. The molecule has 2 amide bonds. The van der Waals surface area contributed by atoms with E-state index in [0.29, 0.717) is 22.9 Å². The third-order valence-corrected chi connectivity index (χ3v) is 8.22. The molecule has 0 saturated carbocycles. The summed E-state index contributed by atoms with van der Waals surface area (Å²) in [5.74, 6) is -0.315. The summed E-state index contributed by atoms with van der Waals surface area (Å²) in [5, 5.41) is 3.89. The van der Waals surface area contributed by atoms with Gasteiger partial charge >= 0.3 is 6.09 Å². The van der Waals surface area contributed by atoms with Crippen molar-refractivity contribution in [2.75, 3.05) is 25.5 Å². The van der Waals surface area contributed by atoms with Crippen molar-refractivity contribution >= 4 is 28.6 Å². The van der Waals surface area contributed by atoms with E-state index in [-0.39, 0.29) is 11.9 Å². The van der Waals surface area contributed by atoms with Crippen LogP contribution in [0.25, 0.3) is 16.6 Å². The Kier molecular flexibility index (Phi) is 9.06. The van der Waals surface area contributed by atoms with Crippen molar-refractivity contribution in [3.8, 4) is 5.69 Å². The number of pyridine rings is 1. The summed E-state index contributed by atoms with van der Waals surface area (Å²) in [4.78, 5) is 33.9. The number of piperidine rings is 1. The summed E-state index contributed by atoms with van der Waals surface area (Å²) in [7, 11) is 1.74. The molecule has 1 aliphatic rings. The van der Waals surface area contributed by atoms with E-state index in [1.54, 1.807) is 24.2 Å². The van der Waals surface area contributed by atoms with Crippen molar-refractivity contribution in [1.29, 1.82) is 0 Å². The highest BCUT2D eigenvalue weighted by molar-refractivity contribution is 5.99. The molecule has 0 bridgehead atoms. The topological polar surface area (TPSA) is 79.7 Å². The van der Waals surface area contributed by atoms with Crippen molar-refractivity contribution in [1.82, 2.24) is 19.4 Å². The van der Waals surface area contributed by atoms with Gasteiger partial charge in [0.25, 0.3) is 5.91 Å². The highest BCUT2D eigenvalue weighted by Crippen LogP contribution is 2.36. The van der Waals surface area contributed by atoms with E-state index < -0.39 is 17.5 Å². The molecular formula is C35H42FN5O3. The molecule has 1 saturated heterocycles. The molecule has 8 nitrogen and oxygen atoms in total. The molecule has 44 heavy (non-hydrogen) atoms. The maximum absolute atomic E-state index is 14.4. The van der Waals surface area contributed by atoms with Crippen LogP contribution in [0.3, 0.4) is 0 Å². The Morgan fingerprint density at radius 2 is 1.80 bits per heavy atom. The summed E-state index contributed by atoms with van der Waals surface area (Å²) in [6.45, 7) is 12.1. The van der Waals surface area contributed by atoms with Gasteiger partial charge in [-0.05, 0) is 114 Å². The van der Waals surface area contributed by atoms with Crippen molar-refractivity contribution in [3.05, 3.63) is 89.6 Å². The van der Waals surface area contributed by atoms with E-state index in [4.69, 9.17) is 4.74 Å². The fraction of sp³-hybridized carbons (Fsp3) is 0.400. The molecule has 2 aromatic heterocycles. The first-order valence-electron chi connectivity index (χ1n) is 15.2. The lowest BCUT2D eigenvalue weighted by Crippen LogP contribution is -2.33. The van der Waals surface area contributed by atoms with Crippen molar-refractivity contribution in [2.45, 2.75) is 71.6 Å². The number of ether oxygens (including phenoxy) is 1. The van der Waals surface area contributed by atoms with E-state index in [1.165, 1.54) is 23.3 Å². The van der Waals surface area contributed by atoms with Gasteiger partial charge in [0.2, 0.25) is 0 Å². The molecule has 0 spiro atoms. The van der Waals surface area contributed by atoms with Gasteiger partial charge in [-0.1, -0.05) is 12.1 Å². The highest BCUT2D eigenvalue weighted by Gasteiger charge is 2.26. The fourth-order valence-corrected chi connectivity index (χ4v) is 5.71. The average Bonchev–Trinajstić information content (AvgIpc) is 3.36. The number of halogens is 1. The van der Waals surface area contributed by atoms with Gasteiger partial charge in [0.15, 0.2) is 0 Å². The van der Waals surface area contributed by atoms with E-state index >= 15 is 0 Å². The molecule has 0 radical (unpaired) electrons. The molecule has 3 heterocycles. The number of nitrogens with one attached hydrogen (secondary N) is 1. The van der Waals surface area contributed by atoms with E-state index in [2.05, 4.69) is 21.4 Å². The number of amides is 2. The van der Waals surface area contributed by atoms with Gasteiger partial charge < -0.3 is 14.2 Å². The molecule has 9 heteroatoms. The maximum atomic E-state index is 14.4. The highest BCUT2D eigenvalue weighted by atomic mass is 19.1. The lowest BCUT2D eigenvalue weighted by Gasteiger charge is -2.32. The average molecular weight is 600 g/mol. The minimum atomic E-state index is -0.546. The zero-order valence-electron chi connectivity index (χ0n) is 26.4. The van der Waals surface area contributed by atoms with Gasteiger partial charge in [-0.25, -0.2) is 9.18 Å². The molecule has 5 rings (SSSR count). The Morgan fingerprint density at radius 1 is 1.09 bits per heavy atom. The van der Waals surface area contributed by atoms with Crippen LogP contribution in [0.2, 0.25) is 0 Å². The number of carbonyl (C=O) groups excluding carboxylic acids is 2. The van der Waals surface area contributed by atoms with Crippen LogP contribution < -0.4 is 5.32 Å². The van der Waals surface area contributed by atoms with Gasteiger partial charge in [-0.3, -0.25) is 20.0 Å². The van der Waals surface area contributed by atoms with E-state index in [0.717, 1.165) is 43.4 Å². The van der Waals surface area contributed by atoms with Crippen LogP contribution in [-0.2, 0) is 11.3 Å². The first kappa shape index (κ1) is 31.2. The van der Waals surface area contributed by atoms with Crippen molar-refractivity contribution < 1.29 is 18.7 Å². The van der Waals surface area contributed by atoms with Crippen molar-refractivity contribution in [3.63, 3.8) is 0 Å². The minimum Gasteiger partial charge on any atom is -0.444 e. The molecule has 232 valence electrons. The fourth-order valence-electron chi connectivity index (χ4n) is 5.71. The lowest BCUT2D eigenvalue weighted by atomic mass is 9.89. The Morgan fingerprint density at radius 3 is 2.45 bits per heavy atom. The number of fused-ring (bicyclic) bond motifs is 1. The third kappa shape index (κ3) is 7.10. The zero-order chi connectivity index (χ0) is 31.6. The lowest BCUT2D eigenvalue weighted by molar-refractivity contribution is 0.0635. The van der Waals surface area contributed by atoms with Crippen molar-refractivity contribution in [2.24, 2.45) is 0 Å². The number of rotatable bonds is 7. The standard InChI is InChI=1S/C35H42FN5O3/c1-23(2)39(6)33(42)29-19-26(36)9-12-31(29)41-22-30(28-13-16-37-20-32(28)41)25-14-17-40(18-15-25)21-24-7-10-27(11-8-24)38-34(43)44-35(3,4)5/h7-13,16,19-20,22-23,25H,14-15,17-18,21H2,1-6H3,(H,38,43). The van der Waals surface area contributed by atoms with Crippen LogP contribution in [-0.4, -0.2) is 63.1 Å². The molecule has 0 atom stereocenters. The van der Waals surface area contributed by atoms with Crippen LogP contribution >= 0.6 is 0 Å². The summed E-state index contributed by atoms with van der Waals surface area (Å²) in [6, 6.07) is 14.3. The largest absolute Gasteiger partial charge is 0.444 e. The summed E-state index contributed by atoms with van der Waals surface area (Å²) in [5.41, 5.74) is 4.44. The quantitative estimate of drug-likeness (QED) is 0.240. The second kappa shape index (κ2) is 12.8. The number of carbonyl (C=O) groups is 2. The monoisotopic (exact) mass is 599 g/mol. The summed E-state index contributed by atoms with van der Waals surface area (Å²) >= 11 is 0. The molecule has 2 aromatic carbocycles. The minimum absolute atomic E-state index is 0.0192. The first-order valence-corrected chi connectivity index (χ1v) is 15.2. The van der Waals surface area contributed by atoms with Crippen LogP contribution in [0.15, 0.2) is 67.1 Å². The number of hydrogen-bond donors (Lipinski definition) is 1. The van der Waals surface area contributed by atoms with Gasteiger partial charge in [0.05, 0.1) is 23.0 Å². The number of likely N-dealkylation sites (tertiary alicyclic amines) is 1. The van der Waals surface area contributed by atoms with Crippen LogP contribution in [0.5, 0.6) is 0 Å². The molecule has 0 aliphatic carbocycles. The number of aromatic nitrogens is 2. The van der Waals surface area contributed by atoms with Gasteiger partial charge in [0.1, 0.15) is 11.4 Å². The molecule has 1 N–H and O–H groups in total. The predicted molar refractivity (Wildman–Crippen MR) is 172 cm³/mol. The van der Waals surface area contributed by atoms with E-state index in [1.807, 2.05) is 75.7 Å². The Bertz CT molecular complexity index is 1630. The first-order chi connectivity index (χ1) is 20.9. The van der Waals surface area contributed by atoms with Gasteiger partial charge in [-0.2, -0.15) is 0 Å². The normalized spacial score (nSPS) is 14.6. The Hall–Kier alpha value is -4.24. The molecule has 4 aromatic rings. The number of benzene rings is 2. The predicted octanol–water partition coefficient (Wildman–Crippen LogP) is 7.37.